The van der Waals surface area contributed by atoms with Crippen LogP contribution in [-0.4, -0.2) is 48.6 Å². The molecule has 0 saturated carbocycles. The first kappa shape index (κ1) is 14.9. The molecule has 1 aliphatic rings. The fourth-order valence-electron chi connectivity index (χ4n) is 3.31. The number of imidazole rings is 1. The Labute approximate surface area is 139 Å². The molecular weight excluding hydrogens is 304 g/mol. The summed E-state index contributed by atoms with van der Waals surface area (Å²) in [6.07, 6.45) is 5.66. The van der Waals surface area contributed by atoms with Crippen molar-refractivity contribution < 1.29 is 4.79 Å². The van der Waals surface area contributed by atoms with Crippen LogP contribution in [0.2, 0.25) is 0 Å². The average molecular weight is 324 g/mol. The van der Waals surface area contributed by atoms with Crippen LogP contribution in [0.3, 0.4) is 0 Å². The van der Waals surface area contributed by atoms with E-state index in [1.165, 1.54) is 6.33 Å². The number of fused-ring (bicyclic) bond motifs is 1. The van der Waals surface area contributed by atoms with E-state index in [0.717, 1.165) is 42.8 Å². The van der Waals surface area contributed by atoms with Gasteiger partial charge in [-0.25, -0.2) is 9.97 Å². The quantitative estimate of drug-likeness (QED) is 0.795. The number of aryl methyl sites for hydroxylation is 1. The van der Waals surface area contributed by atoms with Crippen molar-refractivity contribution in [2.45, 2.75) is 31.7 Å². The highest BCUT2D eigenvalue weighted by atomic mass is 16.2. The lowest BCUT2D eigenvalue weighted by atomic mass is 9.97. The Morgan fingerprint density at radius 2 is 2.25 bits per heavy atom. The fourth-order valence-corrected chi connectivity index (χ4v) is 3.31. The molecule has 1 saturated heterocycles. The van der Waals surface area contributed by atoms with Crippen LogP contribution in [0.1, 0.15) is 31.0 Å². The molecule has 1 aliphatic heterocycles. The zero-order chi connectivity index (χ0) is 16.4. The van der Waals surface area contributed by atoms with Gasteiger partial charge in [-0.2, -0.15) is 5.10 Å². The lowest BCUT2D eigenvalue weighted by Crippen LogP contribution is -2.39. The largest absolute Gasteiger partial charge is 0.342 e. The van der Waals surface area contributed by atoms with E-state index in [1.54, 1.807) is 11.0 Å². The van der Waals surface area contributed by atoms with Crippen molar-refractivity contribution >= 4 is 16.9 Å². The normalized spacial score (nSPS) is 18.2. The number of nitrogens with one attached hydrogen (secondary N) is 1. The fraction of sp³-hybridized carbons (Fsp3) is 0.412. The van der Waals surface area contributed by atoms with Gasteiger partial charge in [0.2, 0.25) is 5.91 Å². The third kappa shape index (κ3) is 3.02. The molecule has 7 heteroatoms. The number of benzene rings is 1. The van der Waals surface area contributed by atoms with E-state index in [9.17, 15) is 4.79 Å². The first-order chi connectivity index (χ1) is 11.8. The first-order valence-corrected chi connectivity index (χ1v) is 8.34. The lowest BCUT2D eigenvalue weighted by Gasteiger charge is -2.32. The van der Waals surface area contributed by atoms with Gasteiger partial charge in [-0.05, 0) is 25.0 Å². The number of amides is 1. The van der Waals surface area contributed by atoms with Gasteiger partial charge >= 0.3 is 0 Å². The number of aromatic amines is 1. The number of carbonyl (C=O) groups excluding carboxylic acids is 1. The Morgan fingerprint density at radius 3 is 3.08 bits per heavy atom. The molecule has 0 aliphatic carbocycles. The minimum atomic E-state index is 0.173. The van der Waals surface area contributed by atoms with Crippen LogP contribution in [0, 0.1) is 0 Å². The van der Waals surface area contributed by atoms with Crippen molar-refractivity contribution in [3.63, 3.8) is 0 Å². The summed E-state index contributed by atoms with van der Waals surface area (Å²) in [5.41, 5.74) is 2.05. The molecule has 1 N–H and O–H groups in total. The summed E-state index contributed by atoms with van der Waals surface area (Å²) in [6.45, 7) is 2.13. The molecule has 1 unspecified atom stereocenters. The number of piperidine rings is 1. The first-order valence-electron chi connectivity index (χ1n) is 8.34. The van der Waals surface area contributed by atoms with E-state index in [0.29, 0.717) is 13.0 Å². The maximum atomic E-state index is 12.5. The van der Waals surface area contributed by atoms with Gasteiger partial charge in [0.15, 0.2) is 0 Å². The Balaban J connectivity index is 1.42. The third-order valence-corrected chi connectivity index (χ3v) is 4.59. The minimum absolute atomic E-state index is 0.173. The topological polar surface area (TPSA) is 79.7 Å². The van der Waals surface area contributed by atoms with Crippen LogP contribution in [0.25, 0.3) is 11.0 Å². The summed E-state index contributed by atoms with van der Waals surface area (Å²) in [5.74, 6) is 1.44. The molecule has 1 amide bonds. The van der Waals surface area contributed by atoms with Crippen LogP contribution in [0.15, 0.2) is 36.9 Å². The molecule has 3 aromatic rings. The molecule has 1 atom stereocenters. The molecule has 1 aromatic carbocycles. The van der Waals surface area contributed by atoms with Crippen molar-refractivity contribution in [3.05, 3.63) is 42.7 Å². The van der Waals surface area contributed by atoms with Gasteiger partial charge in [0.05, 0.1) is 17.6 Å². The van der Waals surface area contributed by atoms with Crippen LogP contribution >= 0.6 is 0 Å². The Hall–Kier alpha value is -2.70. The lowest BCUT2D eigenvalue weighted by molar-refractivity contribution is -0.132. The van der Waals surface area contributed by atoms with Gasteiger partial charge in [-0.15, -0.1) is 0 Å². The molecule has 1 fully saturated rings. The zero-order valence-electron chi connectivity index (χ0n) is 13.4. The highest BCUT2D eigenvalue weighted by Gasteiger charge is 2.26. The maximum Gasteiger partial charge on any atom is 0.224 e. The van der Waals surface area contributed by atoms with Crippen LogP contribution in [-0.2, 0) is 11.3 Å². The SMILES string of the molecule is O=C(CCn1cncn1)N1CCCC(c2nc3ccccc3[nH]2)C1. The smallest absolute Gasteiger partial charge is 0.224 e. The zero-order valence-corrected chi connectivity index (χ0v) is 13.4. The molecule has 7 nitrogen and oxygen atoms in total. The van der Waals surface area contributed by atoms with Crippen LogP contribution in [0.5, 0.6) is 0 Å². The Bertz CT molecular complexity index is 792. The van der Waals surface area contributed by atoms with E-state index in [4.69, 9.17) is 4.98 Å². The predicted molar refractivity (Wildman–Crippen MR) is 89.3 cm³/mol. The number of nitrogens with zero attached hydrogens (tertiary/aromatic N) is 5. The number of rotatable bonds is 4. The van der Waals surface area contributed by atoms with E-state index in [2.05, 4.69) is 15.1 Å². The number of carbonyl (C=O) groups is 1. The van der Waals surface area contributed by atoms with Crippen molar-refractivity contribution in [3.8, 4) is 0 Å². The average Bonchev–Trinajstić information content (AvgIpc) is 3.29. The second kappa shape index (κ2) is 6.43. The van der Waals surface area contributed by atoms with Crippen molar-refractivity contribution in [2.24, 2.45) is 0 Å². The van der Waals surface area contributed by atoms with Crippen molar-refractivity contribution in [1.29, 1.82) is 0 Å². The number of H-pyrrole nitrogens is 1. The maximum absolute atomic E-state index is 12.5. The molecule has 24 heavy (non-hydrogen) atoms. The van der Waals surface area contributed by atoms with Crippen LogP contribution in [0.4, 0.5) is 0 Å². The molecule has 4 rings (SSSR count). The van der Waals surface area contributed by atoms with Gasteiger partial charge in [-0.3, -0.25) is 9.48 Å². The molecule has 0 radical (unpaired) electrons. The highest BCUT2D eigenvalue weighted by Crippen LogP contribution is 2.27. The van der Waals surface area contributed by atoms with E-state index in [1.807, 2.05) is 29.2 Å². The van der Waals surface area contributed by atoms with E-state index >= 15 is 0 Å². The van der Waals surface area contributed by atoms with Gasteiger partial charge in [0.1, 0.15) is 18.5 Å². The van der Waals surface area contributed by atoms with Crippen molar-refractivity contribution in [1.82, 2.24) is 29.6 Å². The summed E-state index contributed by atoms with van der Waals surface area (Å²) in [7, 11) is 0. The number of aromatic nitrogens is 5. The highest BCUT2D eigenvalue weighted by molar-refractivity contribution is 5.76. The predicted octanol–water partition coefficient (Wildman–Crippen LogP) is 1.95. The van der Waals surface area contributed by atoms with Gasteiger partial charge < -0.3 is 9.88 Å². The minimum Gasteiger partial charge on any atom is -0.342 e. The van der Waals surface area contributed by atoms with Crippen molar-refractivity contribution in [2.75, 3.05) is 13.1 Å². The summed E-state index contributed by atoms with van der Waals surface area (Å²) < 4.78 is 1.69. The Morgan fingerprint density at radius 1 is 1.33 bits per heavy atom. The standard InChI is InChI=1S/C17H20N6O/c24-16(7-9-23-12-18-11-19-23)22-8-3-4-13(10-22)17-20-14-5-1-2-6-15(14)21-17/h1-2,5-6,11-13H,3-4,7-10H2,(H,20,21). The van der Waals surface area contributed by atoms with E-state index < -0.39 is 0 Å². The summed E-state index contributed by atoms with van der Waals surface area (Å²) >= 11 is 0. The third-order valence-electron chi connectivity index (χ3n) is 4.59. The molecule has 0 bridgehead atoms. The molecule has 2 aromatic heterocycles. The van der Waals surface area contributed by atoms with Gasteiger partial charge in [0.25, 0.3) is 0 Å². The Kier molecular flexibility index (Phi) is 3.98. The molecular formula is C17H20N6O. The van der Waals surface area contributed by atoms with Gasteiger partial charge in [-0.1, -0.05) is 12.1 Å². The number of likely N-dealkylation sites (tertiary alicyclic amines) is 1. The summed E-state index contributed by atoms with van der Waals surface area (Å²) in [5, 5.41) is 4.04. The van der Waals surface area contributed by atoms with Gasteiger partial charge in [0, 0.05) is 25.4 Å². The number of hydrogen-bond acceptors (Lipinski definition) is 4. The van der Waals surface area contributed by atoms with Crippen LogP contribution < -0.4 is 0 Å². The number of hydrogen-bond donors (Lipinski definition) is 1. The second-order valence-electron chi connectivity index (χ2n) is 6.23. The second-order valence-corrected chi connectivity index (χ2v) is 6.23. The molecule has 124 valence electrons. The monoisotopic (exact) mass is 324 g/mol. The summed E-state index contributed by atoms with van der Waals surface area (Å²) in [6, 6.07) is 8.05. The summed E-state index contributed by atoms with van der Waals surface area (Å²) in [4.78, 5) is 26.4. The molecule has 0 spiro atoms. The van der Waals surface area contributed by atoms with E-state index in [-0.39, 0.29) is 11.8 Å². The molecule has 3 heterocycles. The number of para-hydroxylation sites is 2.